The fourth-order valence-electron chi connectivity index (χ4n) is 1.50. The maximum atomic E-state index is 13.3. The summed E-state index contributed by atoms with van der Waals surface area (Å²) in [5.41, 5.74) is -0.546. The Kier molecular flexibility index (Phi) is 6.54. The van der Waals surface area contributed by atoms with Crippen molar-refractivity contribution < 1.29 is 31.5 Å². The molecule has 0 aliphatic heterocycles. The third-order valence-electron chi connectivity index (χ3n) is 2.62. The van der Waals surface area contributed by atoms with Crippen molar-refractivity contribution in [2.24, 2.45) is 5.16 Å². The lowest BCUT2D eigenvalue weighted by atomic mass is 10.2. The van der Waals surface area contributed by atoms with Crippen LogP contribution in [0.5, 0.6) is 0 Å². The summed E-state index contributed by atoms with van der Waals surface area (Å²) in [6.07, 6.45) is 1.18. The Morgan fingerprint density at radius 1 is 0.952 bits per heavy atom. The summed E-state index contributed by atoms with van der Waals surface area (Å²) >= 11 is 0. The molecule has 21 heavy (non-hydrogen) atoms. The number of hydrogen-bond acceptors (Lipinski definition) is 3. The van der Waals surface area contributed by atoms with Gasteiger partial charge in [0.05, 0.1) is 11.3 Å². The van der Waals surface area contributed by atoms with E-state index in [4.69, 9.17) is 4.74 Å². The third kappa shape index (κ3) is 4.38. The average Bonchev–Trinajstić information content (AvgIpc) is 2.47. The Morgan fingerprint density at radius 2 is 1.48 bits per heavy atom. The largest absolute Gasteiger partial charge is 0.391 e. The fraction of sp³-hybridized carbons (Fsp3) is 0.462. The molecule has 0 aromatic heterocycles. The molecule has 0 bridgehead atoms. The molecule has 1 rings (SSSR count). The second kappa shape index (κ2) is 7.92. The van der Waals surface area contributed by atoms with E-state index in [-0.39, 0.29) is 0 Å². The van der Waals surface area contributed by atoms with Gasteiger partial charge in [-0.1, -0.05) is 5.16 Å². The van der Waals surface area contributed by atoms with E-state index < -0.39 is 41.3 Å². The molecule has 0 amide bonds. The Hall–Kier alpha value is -1.70. The average molecular weight is 311 g/mol. The van der Waals surface area contributed by atoms with Crippen molar-refractivity contribution in [3.8, 4) is 0 Å². The summed E-state index contributed by atoms with van der Waals surface area (Å²) in [7, 11) is 1.53. The Bertz CT molecular complexity index is 505. The number of methoxy groups -OCH3 is 1. The zero-order valence-electron chi connectivity index (χ0n) is 11.5. The first-order valence-electron chi connectivity index (χ1n) is 6.04. The van der Waals surface area contributed by atoms with Crippen LogP contribution >= 0.6 is 0 Å². The number of oxime groups is 1. The number of hydrogen-bond donors (Lipinski definition) is 0. The van der Waals surface area contributed by atoms with Gasteiger partial charge in [-0.25, -0.2) is 22.0 Å². The lowest BCUT2D eigenvalue weighted by Gasteiger charge is -2.07. The number of halogens is 5. The van der Waals surface area contributed by atoms with Gasteiger partial charge < -0.3 is 9.57 Å². The number of benzene rings is 1. The van der Waals surface area contributed by atoms with Crippen LogP contribution in [-0.4, -0.2) is 19.4 Å². The second-order valence-electron chi connectivity index (χ2n) is 4.24. The zero-order valence-corrected chi connectivity index (χ0v) is 11.5. The highest BCUT2D eigenvalue weighted by Gasteiger charge is 2.25. The van der Waals surface area contributed by atoms with Crippen LogP contribution in [0.4, 0.5) is 22.0 Å². The van der Waals surface area contributed by atoms with Gasteiger partial charge in [-0.2, -0.15) is 0 Å². The summed E-state index contributed by atoms with van der Waals surface area (Å²) in [5, 5.41) is 3.54. The smallest absolute Gasteiger partial charge is 0.200 e. The molecule has 0 spiro atoms. The van der Waals surface area contributed by atoms with Gasteiger partial charge in [0.25, 0.3) is 0 Å². The topological polar surface area (TPSA) is 30.8 Å². The van der Waals surface area contributed by atoms with Gasteiger partial charge in [-0.3, -0.25) is 0 Å². The molecule has 0 saturated carbocycles. The summed E-state index contributed by atoms with van der Waals surface area (Å²) in [5.74, 6) is -10.0. The molecular formula is C13H14F5NO2. The summed E-state index contributed by atoms with van der Waals surface area (Å²) < 4.78 is 70.1. The molecular weight excluding hydrogens is 297 g/mol. The minimum atomic E-state index is -2.20. The molecule has 0 fully saturated rings. The van der Waals surface area contributed by atoms with Crippen molar-refractivity contribution >= 4 is 5.71 Å². The SMILES string of the molecule is COCCC/C(C)=N/OCc1c(F)c(F)c(F)c(F)c1F. The van der Waals surface area contributed by atoms with E-state index in [0.29, 0.717) is 25.2 Å². The van der Waals surface area contributed by atoms with E-state index in [1.807, 2.05) is 0 Å². The minimum absolute atomic E-state index is 0.504. The molecule has 1 aromatic rings. The van der Waals surface area contributed by atoms with Crippen LogP contribution in [0.3, 0.4) is 0 Å². The highest BCUT2D eigenvalue weighted by Crippen LogP contribution is 2.23. The summed E-state index contributed by atoms with van der Waals surface area (Å²) in [4.78, 5) is 4.64. The Balaban J connectivity index is 2.74. The molecule has 0 saturated heterocycles. The van der Waals surface area contributed by atoms with Gasteiger partial charge >= 0.3 is 0 Å². The van der Waals surface area contributed by atoms with E-state index in [2.05, 4.69) is 9.99 Å². The normalized spacial score (nSPS) is 11.9. The van der Waals surface area contributed by atoms with Crippen LogP contribution in [0.25, 0.3) is 0 Å². The summed E-state index contributed by atoms with van der Waals surface area (Å²) in [6.45, 7) is 1.26. The quantitative estimate of drug-likeness (QED) is 0.192. The first-order chi connectivity index (χ1) is 9.90. The maximum Gasteiger partial charge on any atom is 0.200 e. The molecule has 0 atom stereocenters. The third-order valence-corrected chi connectivity index (χ3v) is 2.62. The predicted molar refractivity (Wildman–Crippen MR) is 65.2 cm³/mol. The Labute approximate surface area is 118 Å². The first kappa shape index (κ1) is 17.4. The lowest BCUT2D eigenvalue weighted by molar-refractivity contribution is 0.122. The first-order valence-corrected chi connectivity index (χ1v) is 6.04. The van der Waals surface area contributed by atoms with E-state index in [1.165, 1.54) is 7.11 Å². The molecule has 3 nitrogen and oxygen atoms in total. The van der Waals surface area contributed by atoms with Crippen molar-refractivity contribution in [2.45, 2.75) is 26.4 Å². The van der Waals surface area contributed by atoms with Crippen molar-refractivity contribution in [3.05, 3.63) is 34.6 Å². The summed E-state index contributed by atoms with van der Waals surface area (Å²) in [6, 6.07) is 0. The van der Waals surface area contributed by atoms with Crippen LogP contribution in [0.15, 0.2) is 5.16 Å². The van der Waals surface area contributed by atoms with Gasteiger partial charge in [0, 0.05) is 13.7 Å². The number of rotatable bonds is 7. The lowest BCUT2D eigenvalue weighted by Crippen LogP contribution is -2.08. The van der Waals surface area contributed by atoms with Crippen molar-refractivity contribution in [1.29, 1.82) is 0 Å². The molecule has 0 radical (unpaired) electrons. The van der Waals surface area contributed by atoms with E-state index in [1.54, 1.807) is 6.92 Å². The molecule has 0 N–H and O–H groups in total. The molecule has 118 valence electrons. The van der Waals surface area contributed by atoms with Crippen LogP contribution in [0, 0.1) is 29.1 Å². The molecule has 0 unspecified atom stereocenters. The van der Waals surface area contributed by atoms with E-state index in [9.17, 15) is 22.0 Å². The maximum absolute atomic E-state index is 13.3. The minimum Gasteiger partial charge on any atom is -0.391 e. The van der Waals surface area contributed by atoms with Gasteiger partial charge in [-0.15, -0.1) is 0 Å². The van der Waals surface area contributed by atoms with Crippen molar-refractivity contribution in [1.82, 2.24) is 0 Å². The predicted octanol–water partition coefficient (Wildman–Crippen LogP) is 3.70. The zero-order chi connectivity index (χ0) is 16.0. The monoisotopic (exact) mass is 311 g/mol. The van der Waals surface area contributed by atoms with Gasteiger partial charge in [0.2, 0.25) is 5.82 Å². The van der Waals surface area contributed by atoms with Crippen LogP contribution in [-0.2, 0) is 16.2 Å². The Morgan fingerprint density at radius 3 is 2.00 bits per heavy atom. The van der Waals surface area contributed by atoms with E-state index >= 15 is 0 Å². The van der Waals surface area contributed by atoms with Crippen molar-refractivity contribution in [2.75, 3.05) is 13.7 Å². The fourth-order valence-corrected chi connectivity index (χ4v) is 1.50. The number of ether oxygens (including phenoxy) is 1. The molecule has 1 aromatic carbocycles. The molecule has 0 heterocycles. The van der Waals surface area contributed by atoms with Crippen LogP contribution in [0.2, 0.25) is 0 Å². The van der Waals surface area contributed by atoms with Crippen molar-refractivity contribution in [3.63, 3.8) is 0 Å². The highest BCUT2D eigenvalue weighted by molar-refractivity contribution is 5.81. The molecule has 8 heteroatoms. The van der Waals surface area contributed by atoms with Gasteiger partial charge in [0.1, 0.15) is 6.61 Å². The highest BCUT2D eigenvalue weighted by atomic mass is 19.2. The second-order valence-corrected chi connectivity index (χ2v) is 4.24. The standard InChI is InChI=1S/C13H14F5NO2/c1-7(4-3-5-20-2)19-21-6-8-9(14)11(16)13(18)12(17)10(8)15/h3-6H2,1-2H3/b19-7+. The van der Waals surface area contributed by atoms with E-state index in [0.717, 1.165) is 0 Å². The van der Waals surface area contributed by atoms with Gasteiger partial charge in [-0.05, 0) is 19.8 Å². The molecule has 0 aliphatic carbocycles. The van der Waals surface area contributed by atoms with Crippen LogP contribution < -0.4 is 0 Å². The van der Waals surface area contributed by atoms with Gasteiger partial charge in [0.15, 0.2) is 23.3 Å². The molecule has 0 aliphatic rings. The number of nitrogens with zero attached hydrogens (tertiary/aromatic N) is 1. The van der Waals surface area contributed by atoms with Crippen LogP contribution in [0.1, 0.15) is 25.3 Å².